The van der Waals surface area contributed by atoms with Crippen LogP contribution in [0.1, 0.15) is 20.3 Å². The van der Waals surface area contributed by atoms with Crippen molar-refractivity contribution in [2.75, 3.05) is 17.2 Å². The molecule has 2 N–H and O–H groups in total. The largest absolute Gasteiger partial charge is 0.396 e. The first-order valence-corrected chi connectivity index (χ1v) is 6.04. The standard InChI is InChI=1S/C11H16BrN3/c1-7-3-8(2)15(6-7)11-9(12)4-14-5-10(11)13/h4-5,7-8H,3,6,13H2,1-2H3. The van der Waals surface area contributed by atoms with Gasteiger partial charge in [0.1, 0.15) is 0 Å². The summed E-state index contributed by atoms with van der Waals surface area (Å²) in [4.78, 5) is 6.43. The second kappa shape index (κ2) is 4.00. The van der Waals surface area contributed by atoms with Gasteiger partial charge in [-0.1, -0.05) is 6.92 Å². The lowest BCUT2D eigenvalue weighted by atomic mass is 10.1. The maximum Gasteiger partial charge on any atom is 0.0778 e. The third-order valence-corrected chi connectivity index (χ3v) is 3.55. The average Bonchev–Trinajstić information content (AvgIpc) is 2.45. The van der Waals surface area contributed by atoms with Crippen LogP contribution in [0, 0.1) is 5.92 Å². The Morgan fingerprint density at radius 3 is 2.73 bits per heavy atom. The summed E-state index contributed by atoms with van der Waals surface area (Å²) in [5, 5.41) is 0. The van der Waals surface area contributed by atoms with E-state index in [4.69, 9.17) is 5.73 Å². The Bertz CT molecular complexity index is 347. The van der Waals surface area contributed by atoms with Gasteiger partial charge < -0.3 is 10.6 Å². The molecule has 3 nitrogen and oxygen atoms in total. The van der Waals surface area contributed by atoms with Crippen LogP contribution in [0.2, 0.25) is 0 Å². The number of halogens is 1. The summed E-state index contributed by atoms with van der Waals surface area (Å²) in [5.74, 6) is 0.736. The molecule has 1 aromatic rings. The molecule has 4 heteroatoms. The van der Waals surface area contributed by atoms with E-state index in [1.165, 1.54) is 6.42 Å². The molecule has 2 unspecified atom stereocenters. The number of nitrogens with two attached hydrogens (primary N) is 1. The van der Waals surface area contributed by atoms with Gasteiger partial charge in [0, 0.05) is 18.8 Å². The van der Waals surface area contributed by atoms with Crippen molar-refractivity contribution in [2.45, 2.75) is 26.3 Å². The van der Waals surface area contributed by atoms with Crippen molar-refractivity contribution in [2.24, 2.45) is 5.92 Å². The van der Waals surface area contributed by atoms with Gasteiger partial charge in [0.05, 0.1) is 22.0 Å². The summed E-state index contributed by atoms with van der Waals surface area (Å²) in [7, 11) is 0. The number of nitrogen functional groups attached to an aromatic ring is 1. The normalized spacial score (nSPS) is 25.9. The van der Waals surface area contributed by atoms with Gasteiger partial charge in [-0.2, -0.15) is 0 Å². The molecule has 0 amide bonds. The monoisotopic (exact) mass is 269 g/mol. The van der Waals surface area contributed by atoms with Crippen molar-refractivity contribution in [3.8, 4) is 0 Å². The van der Waals surface area contributed by atoms with Crippen LogP contribution in [-0.4, -0.2) is 17.6 Å². The number of pyridine rings is 1. The van der Waals surface area contributed by atoms with Crippen LogP contribution in [0.5, 0.6) is 0 Å². The Labute approximate surface area is 98.8 Å². The smallest absolute Gasteiger partial charge is 0.0778 e. The van der Waals surface area contributed by atoms with Gasteiger partial charge in [-0.25, -0.2) is 0 Å². The Kier molecular flexibility index (Phi) is 2.87. The number of anilines is 2. The molecule has 1 aromatic heterocycles. The fourth-order valence-corrected chi connectivity index (χ4v) is 2.93. The number of nitrogens with zero attached hydrogens (tertiary/aromatic N) is 2. The van der Waals surface area contributed by atoms with E-state index in [1.807, 2.05) is 0 Å². The average molecular weight is 270 g/mol. The predicted octanol–water partition coefficient (Wildman–Crippen LogP) is 2.66. The van der Waals surface area contributed by atoms with E-state index >= 15 is 0 Å². The highest BCUT2D eigenvalue weighted by molar-refractivity contribution is 9.10. The number of rotatable bonds is 1. The molecule has 0 aromatic carbocycles. The van der Waals surface area contributed by atoms with Crippen LogP contribution in [0.4, 0.5) is 11.4 Å². The summed E-state index contributed by atoms with van der Waals surface area (Å²) in [6.07, 6.45) is 4.76. The van der Waals surface area contributed by atoms with Crippen LogP contribution in [0.25, 0.3) is 0 Å². The lowest BCUT2D eigenvalue weighted by Gasteiger charge is -2.26. The zero-order chi connectivity index (χ0) is 11.0. The highest BCUT2D eigenvalue weighted by Crippen LogP contribution is 2.37. The van der Waals surface area contributed by atoms with Gasteiger partial charge in [-0.05, 0) is 35.2 Å². The highest BCUT2D eigenvalue weighted by atomic mass is 79.9. The maximum absolute atomic E-state index is 5.97. The molecule has 0 saturated carbocycles. The van der Waals surface area contributed by atoms with Crippen molar-refractivity contribution < 1.29 is 0 Å². The fourth-order valence-electron chi connectivity index (χ4n) is 2.36. The van der Waals surface area contributed by atoms with E-state index in [1.54, 1.807) is 12.4 Å². The van der Waals surface area contributed by atoms with Gasteiger partial charge >= 0.3 is 0 Å². The van der Waals surface area contributed by atoms with Crippen LogP contribution in [-0.2, 0) is 0 Å². The molecule has 2 rings (SSSR count). The second-order valence-electron chi connectivity index (χ2n) is 4.40. The molecule has 1 aliphatic rings. The third kappa shape index (κ3) is 1.95. The molecule has 2 atom stereocenters. The summed E-state index contributed by atoms with van der Waals surface area (Å²) in [6.45, 7) is 5.60. The third-order valence-electron chi connectivity index (χ3n) is 2.97. The molecule has 82 valence electrons. The van der Waals surface area contributed by atoms with E-state index in [0.29, 0.717) is 6.04 Å². The van der Waals surface area contributed by atoms with Crippen LogP contribution < -0.4 is 10.6 Å². The number of hydrogen-bond donors (Lipinski definition) is 1. The first kappa shape index (κ1) is 10.7. The zero-order valence-electron chi connectivity index (χ0n) is 9.07. The Hall–Kier alpha value is -0.770. The van der Waals surface area contributed by atoms with E-state index < -0.39 is 0 Å². The zero-order valence-corrected chi connectivity index (χ0v) is 10.7. The van der Waals surface area contributed by atoms with Gasteiger partial charge in [-0.15, -0.1) is 0 Å². The molecule has 0 aliphatic carbocycles. The number of hydrogen-bond acceptors (Lipinski definition) is 3. The van der Waals surface area contributed by atoms with Crippen molar-refractivity contribution in [3.63, 3.8) is 0 Å². The first-order valence-electron chi connectivity index (χ1n) is 5.25. The lowest BCUT2D eigenvalue weighted by molar-refractivity contribution is 0.625. The maximum atomic E-state index is 5.97. The van der Waals surface area contributed by atoms with Crippen LogP contribution in [0.15, 0.2) is 16.9 Å². The molecule has 2 heterocycles. The Morgan fingerprint density at radius 1 is 1.47 bits per heavy atom. The molecule has 1 fully saturated rings. The van der Waals surface area contributed by atoms with E-state index in [-0.39, 0.29) is 0 Å². The molecule has 0 spiro atoms. The topological polar surface area (TPSA) is 42.1 Å². The Balaban J connectivity index is 2.37. The van der Waals surface area contributed by atoms with Gasteiger partial charge in [0.2, 0.25) is 0 Å². The minimum atomic E-state index is 0.556. The van der Waals surface area contributed by atoms with E-state index in [0.717, 1.165) is 28.3 Å². The minimum Gasteiger partial charge on any atom is -0.396 e. The van der Waals surface area contributed by atoms with Gasteiger partial charge in [-0.3, -0.25) is 4.98 Å². The van der Waals surface area contributed by atoms with Gasteiger partial charge in [0.15, 0.2) is 0 Å². The van der Waals surface area contributed by atoms with Crippen LogP contribution in [0.3, 0.4) is 0 Å². The molecular formula is C11H16BrN3. The predicted molar refractivity (Wildman–Crippen MR) is 66.9 cm³/mol. The van der Waals surface area contributed by atoms with E-state index in [9.17, 15) is 0 Å². The second-order valence-corrected chi connectivity index (χ2v) is 5.26. The summed E-state index contributed by atoms with van der Waals surface area (Å²) in [6, 6.07) is 0.556. The van der Waals surface area contributed by atoms with Crippen molar-refractivity contribution in [3.05, 3.63) is 16.9 Å². The van der Waals surface area contributed by atoms with Crippen molar-refractivity contribution in [1.82, 2.24) is 4.98 Å². The molecular weight excluding hydrogens is 254 g/mol. The Morgan fingerprint density at radius 2 is 2.20 bits per heavy atom. The minimum absolute atomic E-state index is 0.556. The SMILES string of the molecule is CC1CC(C)N(c2c(N)cncc2Br)C1. The lowest BCUT2D eigenvalue weighted by Crippen LogP contribution is -2.27. The molecule has 1 aliphatic heterocycles. The quantitative estimate of drug-likeness (QED) is 0.853. The van der Waals surface area contributed by atoms with E-state index in [2.05, 4.69) is 39.7 Å². The molecule has 0 bridgehead atoms. The molecule has 15 heavy (non-hydrogen) atoms. The molecule has 0 radical (unpaired) electrons. The summed E-state index contributed by atoms with van der Waals surface area (Å²) in [5.41, 5.74) is 7.83. The van der Waals surface area contributed by atoms with Crippen LogP contribution >= 0.6 is 15.9 Å². The van der Waals surface area contributed by atoms with Crippen molar-refractivity contribution in [1.29, 1.82) is 0 Å². The van der Waals surface area contributed by atoms with Crippen molar-refractivity contribution >= 4 is 27.3 Å². The van der Waals surface area contributed by atoms with Gasteiger partial charge in [0.25, 0.3) is 0 Å². The summed E-state index contributed by atoms with van der Waals surface area (Å²) >= 11 is 3.52. The number of aromatic nitrogens is 1. The first-order chi connectivity index (χ1) is 7.09. The highest BCUT2D eigenvalue weighted by Gasteiger charge is 2.28. The molecule has 1 saturated heterocycles. The fraction of sp³-hybridized carbons (Fsp3) is 0.545. The summed E-state index contributed by atoms with van der Waals surface area (Å²) < 4.78 is 0.989.